The Morgan fingerprint density at radius 1 is 1.23 bits per heavy atom. The summed E-state index contributed by atoms with van der Waals surface area (Å²) in [7, 11) is 1.71. The number of benzene rings is 1. The van der Waals surface area contributed by atoms with Gasteiger partial charge in [-0.05, 0) is 24.6 Å². The number of halogens is 1. The molecule has 1 aromatic rings. The van der Waals surface area contributed by atoms with Gasteiger partial charge < -0.3 is 9.80 Å². The van der Waals surface area contributed by atoms with E-state index in [4.69, 9.17) is 11.6 Å². The first-order valence-corrected chi connectivity index (χ1v) is 7.89. The van der Waals surface area contributed by atoms with Crippen LogP contribution >= 0.6 is 11.6 Å². The van der Waals surface area contributed by atoms with Crippen molar-refractivity contribution in [3.8, 4) is 0 Å². The number of carbonyl (C=O) groups is 2. The van der Waals surface area contributed by atoms with Gasteiger partial charge in [-0.15, -0.1) is 0 Å². The Kier molecular flexibility index (Phi) is 4.10. The van der Waals surface area contributed by atoms with Crippen LogP contribution in [-0.4, -0.2) is 65.3 Å². The summed E-state index contributed by atoms with van der Waals surface area (Å²) in [6.45, 7) is 4.49. The van der Waals surface area contributed by atoms with E-state index in [0.29, 0.717) is 18.1 Å². The van der Waals surface area contributed by atoms with Gasteiger partial charge >= 0.3 is 0 Å². The van der Waals surface area contributed by atoms with E-state index in [1.165, 1.54) is 0 Å². The van der Waals surface area contributed by atoms with Crippen molar-refractivity contribution in [1.82, 2.24) is 14.7 Å². The molecule has 5 nitrogen and oxygen atoms in total. The molecule has 2 saturated heterocycles. The molecule has 0 radical (unpaired) electrons. The van der Waals surface area contributed by atoms with E-state index in [0.717, 1.165) is 18.7 Å². The zero-order chi connectivity index (χ0) is 15.9. The lowest BCUT2D eigenvalue weighted by molar-refractivity contribution is -0.163. The van der Waals surface area contributed by atoms with Crippen LogP contribution in [0.4, 0.5) is 0 Å². The fraction of sp³-hybridized carbons (Fsp3) is 0.500. The van der Waals surface area contributed by atoms with Gasteiger partial charge in [0.05, 0.1) is 0 Å². The van der Waals surface area contributed by atoms with Crippen LogP contribution in [0.2, 0.25) is 5.02 Å². The highest BCUT2D eigenvalue weighted by atomic mass is 35.5. The highest BCUT2D eigenvalue weighted by Crippen LogP contribution is 2.22. The molecule has 0 saturated carbocycles. The van der Waals surface area contributed by atoms with Crippen LogP contribution in [0.3, 0.4) is 0 Å². The molecule has 22 heavy (non-hydrogen) atoms. The molecule has 2 fully saturated rings. The van der Waals surface area contributed by atoms with Gasteiger partial charge in [0.15, 0.2) is 0 Å². The van der Waals surface area contributed by atoms with E-state index >= 15 is 0 Å². The van der Waals surface area contributed by atoms with Gasteiger partial charge in [0.1, 0.15) is 12.1 Å². The quantitative estimate of drug-likeness (QED) is 0.822. The minimum absolute atomic E-state index is 0.0305. The number of likely N-dealkylation sites (N-methyl/N-ethyl adjacent to an activating group) is 1. The van der Waals surface area contributed by atoms with Crippen molar-refractivity contribution >= 4 is 23.4 Å². The van der Waals surface area contributed by atoms with Gasteiger partial charge in [-0.1, -0.05) is 23.7 Å². The zero-order valence-electron chi connectivity index (χ0n) is 12.8. The summed E-state index contributed by atoms with van der Waals surface area (Å²) < 4.78 is 0. The van der Waals surface area contributed by atoms with Crippen LogP contribution in [0.1, 0.15) is 12.5 Å². The summed E-state index contributed by atoms with van der Waals surface area (Å²) in [6, 6.07) is 7.03. The first kappa shape index (κ1) is 15.3. The maximum Gasteiger partial charge on any atom is 0.247 e. The Hall–Kier alpha value is -1.59. The molecule has 0 aromatic heterocycles. The summed E-state index contributed by atoms with van der Waals surface area (Å²) in [5.74, 6) is 0.0809. The Bertz CT molecular complexity index is 607. The van der Waals surface area contributed by atoms with Gasteiger partial charge in [-0.3, -0.25) is 14.5 Å². The summed E-state index contributed by atoms with van der Waals surface area (Å²) in [5, 5.41) is 0.716. The smallest absolute Gasteiger partial charge is 0.247 e. The number of hydrogen-bond donors (Lipinski definition) is 0. The lowest BCUT2D eigenvalue weighted by Gasteiger charge is -2.47. The summed E-state index contributed by atoms with van der Waals surface area (Å²) in [6.07, 6.45) is 0. The van der Waals surface area contributed by atoms with Crippen LogP contribution in [0.5, 0.6) is 0 Å². The van der Waals surface area contributed by atoms with Crippen molar-refractivity contribution in [1.29, 1.82) is 0 Å². The molecular formula is C16H20ClN3O2. The second kappa shape index (κ2) is 5.89. The largest absolute Gasteiger partial charge is 0.332 e. The van der Waals surface area contributed by atoms with Crippen LogP contribution in [0.15, 0.2) is 24.3 Å². The third kappa shape index (κ3) is 2.71. The summed E-state index contributed by atoms with van der Waals surface area (Å²) in [4.78, 5) is 30.3. The maximum absolute atomic E-state index is 12.5. The third-order valence-electron chi connectivity index (χ3n) is 4.61. The highest BCUT2D eigenvalue weighted by molar-refractivity contribution is 6.30. The highest BCUT2D eigenvalue weighted by Gasteiger charge is 2.44. The molecule has 0 unspecified atom stereocenters. The molecule has 0 spiro atoms. The topological polar surface area (TPSA) is 43.9 Å². The van der Waals surface area contributed by atoms with E-state index in [1.54, 1.807) is 23.8 Å². The second-order valence-electron chi connectivity index (χ2n) is 6.04. The fourth-order valence-electron chi connectivity index (χ4n) is 3.18. The number of fused-ring (bicyclic) bond motifs is 1. The number of rotatable bonds is 2. The first-order valence-electron chi connectivity index (χ1n) is 7.51. The average Bonchev–Trinajstić information content (AvgIpc) is 2.51. The number of piperazine rings is 2. The summed E-state index contributed by atoms with van der Waals surface area (Å²) >= 11 is 6.02. The van der Waals surface area contributed by atoms with Gasteiger partial charge in [0.2, 0.25) is 11.8 Å². The molecule has 118 valence electrons. The van der Waals surface area contributed by atoms with Crippen LogP contribution in [0.25, 0.3) is 0 Å². The Balaban J connectivity index is 1.72. The molecule has 2 aliphatic heterocycles. The van der Waals surface area contributed by atoms with Gasteiger partial charge in [0, 0.05) is 38.2 Å². The molecule has 6 heteroatoms. The Morgan fingerprint density at radius 3 is 2.73 bits per heavy atom. The predicted octanol–water partition coefficient (Wildman–Crippen LogP) is 1.21. The van der Waals surface area contributed by atoms with Gasteiger partial charge in [-0.25, -0.2) is 0 Å². The van der Waals surface area contributed by atoms with E-state index in [1.807, 2.05) is 24.3 Å². The number of carbonyl (C=O) groups excluding carboxylic acids is 2. The minimum atomic E-state index is -0.360. The molecule has 2 heterocycles. The number of nitrogens with zero attached hydrogens (tertiary/aromatic N) is 3. The Labute approximate surface area is 135 Å². The van der Waals surface area contributed by atoms with Crippen molar-refractivity contribution in [2.45, 2.75) is 25.6 Å². The second-order valence-corrected chi connectivity index (χ2v) is 6.47. The molecule has 3 rings (SSSR count). The molecule has 0 bridgehead atoms. The molecule has 2 aliphatic rings. The van der Waals surface area contributed by atoms with Gasteiger partial charge in [0.25, 0.3) is 0 Å². The monoisotopic (exact) mass is 321 g/mol. The molecule has 0 aliphatic carbocycles. The van der Waals surface area contributed by atoms with Crippen molar-refractivity contribution in [3.63, 3.8) is 0 Å². The van der Waals surface area contributed by atoms with Crippen molar-refractivity contribution in [2.24, 2.45) is 0 Å². The average molecular weight is 322 g/mol. The lowest BCUT2D eigenvalue weighted by Crippen LogP contribution is -2.68. The predicted molar refractivity (Wildman–Crippen MR) is 84.5 cm³/mol. The molecule has 1 aromatic carbocycles. The standard InChI is InChI=1S/C16H20ClN3O2/c1-11-15(21)20-7-6-19(10-14(20)16(22)18(11)2)9-12-4-3-5-13(17)8-12/h3-5,8,11,14H,6-7,9-10H2,1-2H3/t11-,14+/m0/s1. The van der Waals surface area contributed by atoms with E-state index < -0.39 is 0 Å². The molecule has 2 amide bonds. The first-order chi connectivity index (χ1) is 10.5. The van der Waals surface area contributed by atoms with Crippen LogP contribution in [0, 0.1) is 0 Å². The van der Waals surface area contributed by atoms with Crippen LogP contribution in [-0.2, 0) is 16.1 Å². The van der Waals surface area contributed by atoms with Crippen molar-refractivity contribution in [2.75, 3.05) is 26.7 Å². The SMILES string of the molecule is C[C@H]1C(=O)N2CCN(Cc3cccc(Cl)c3)C[C@@H]2C(=O)N1C. The van der Waals surface area contributed by atoms with Crippen molar-refractivity contribution < 1.29 is 9.59 Å². The lowest BCUT2D eigenvalue weighted by atomic mass is 10.0. The van der Waals surface area contributed by atoms with E-state index in [9.17, 15) is 9.59 Å². The normalized spacial score (nSPS) is 26.3. The Morgan fingerprint density at radius 2 is 2.00 bits per heavy atom. The minimum Gasteiger partial charge on any atom is -0.332 e. The van der Waals surface area contributed by atoms with Crippen LogP contribution < -0.4 is 0 Å². The third-order valence-corrected chi connectivity index (χ3v) is 4.85. The van der Waals surface area contributed by atoms with Crippen molar-refractivity contribution in [3.05, 3.63) is 34.9 Å². The van der Waals surface area contributed by atoms with E-state index in [-0.39, 0.29) is 23.9 Å². The summed E-state index contributed by atoms with van der Waals surface area (Å²) in [5.41, 5.74) is 1.12. The molecule has 0 N–H and O–H groups in total. The number of hydrogen-bond acceptors (Lipinski definition) is 3. The molecular weight excluding hydrogens is 302 g/mol. The molecule has 2 atom stereocenters. The fourth-order valence-corrected chi connectivity index (χ4v) is 3.40. The number of amides is 2. The zero-order valence-corrected chi connectivity index (χ0v) is 13.6. The van der Waals surface area contributed by atoms with E-state index in [2.05, 4.69) is 4.90 Å². The maximum atomic E-state index is 12.5. The van der Waals surface area contributed by atoms with Gasteiger partial charge in [-0.2, -0.15) is 0 Å².